The lowest BCUT2D eigenvalue weighted by molar-refractivity contribution is 0.329. The van der Waals surface area contributed by atoms with E-state index < -0.39 is 0 Å². The van der Waals surface area contributed by atoms with Gasteiger partial charge in [0.15, 0.2) is 0 Å². The molecular weight excluding hydrogens is 263 g/mol. The van der Waals surface area contributed by atoms with Crippen LogP contribution in [0.2, 0.25) is 0 Å². The lowest BCUT2D eigenvalue weighted by atomic mass is 9.87. The van der Waals surface area contributed by atoms with E-state index in [0.717, 1.165) is 17.1 Å². The topological polar surface area (TPSA) is 11.3 Å². The van der Waals surface area contributed by atoms with Gasteiger partial charge >= 0.3 is 11.5 Å². The summed E-state index contributed by atoms with van der Waals surface area (Å²) < 4.78 is 20.2. The highest BCUT2D eigenvalue weighted by atomic mass is 19.1. The lowest BCUT2D eigenvalue weighted by Crippen LogP contribution is -2.16. The van der Waals surface area contributed by atoms with Crippen molar-refractivity contribution < 1.29 is 8.81 Å². The molecule has 1 aromatic heterocycles. The van der Waals surface area contributed by atoms with Crippen LogP contribution in [0, 0.1) is 5.82 Å². The van der Waals surface area contributed by atoms with Crippen molar-refractivity contribution in [2.75, 3.05) is 0 Å². The Morgan fingerprint density at radius 3 is 1.71 bits per heavy atom. The molecule has 2 aromatic rings. The molecule has 0 N–H and O–H groups in total. The Labute approximate surface area is 126 Å². The van der Waals surface area contributed by atoms with Crippen LogP contribution in [0.25, 0.3) is 11.1 Å². The molecule has 1 aromatic carbocycles. The van der Waals surface area contributed by atoms with Gasteiger partial charge in [-0.05, 0) is 47.6 Å². The molecule has 0 saturated heterocycles. The van der Waals surface area contributed by atoms with Crippen molar-refractivity contribution in [3.63, 3.8) is 0 Å². The number of halogens is 1. The van der Waals surface area contributed by atoms with Crippen LogP contribution in [-0.4, -0.2) is 0 Å². The van der Waals surface area contributed by atoms with Gasteiger partial charge in [0, 0.05) is 23.3 Å². The SMILES string of the molecule is CC(C)(C)c1cc(-c2ccccc2F)cc(C(C)(C)C)[o+]1. The van der Waals surface area contributed by atoms with E-state index in [4.69, 9.17) is 4.42 Å². The molecule has 0 aliphatic heterocycles. The number of hydrogen-bond donors (Lipinski definition) is 0. The maximum absolute atomic E-state index is 14.1. The van der Waals surface area contributed by atoms with Gasteiger partial charge in [0.25, 0.3) is 0 Å². The summed E-state index contributed by atoms with van der Waals surface area (Å²) in [6, 6.07) is 10.8. The van der Waals surface area contributed by atoms with Gasteiger partial charge in [0.2, 0.25) is 0 Å². The largest absolute Gasteiger partial charge is 0.335 e. The zero-order valence-electron chi connectivity index (χ0n) is 13.8. The smallest absolute Gasteiger partial charge is 0.217 e. The summed E-state index contributed by atoms with van der Waals surface area (Å²) in [5, 5.41) is 0. The van der Waals surface area contributed by atoms with Crippen LogP contribution in [0.4, 0.5) is 4.39 Å². The predicted molar refractivity (Wildman–Crippen MR) is 85.9 cm³/mol. The van der Waals surface area contributed by atoms with Crippen molar-refractivity contribution in [2.24, 2.45) is 0 Å². The zero-order chi connectivity index (χ0) is 15.8. The lowest BCUT2D eigenvalue weighted by Gasteiger charge is -2.15. The zero-order valence-corrected chi connectivity index (χ0v) is 13.8. The van der Waals surface area contributed by atoms with Crippen molar-refractivity contribution >= 4 is 0 Å². The third-order valence-electron chi connectivity index (χ3n) is 3.46. The minimum atomic E-state index is -0.205. The van der Waals surface area contributed by atoms with Gasteiger partial charge in [0.1, 0.15) is 5.82 Å². The van der Waals surface area contributed by atoms with Gasteiger partial charge in [-0.1, -0.05) is 18.2 Å². The van der Waals surface area contributed by atoms with E-state index in [1.807, 2.05) is 24.3 Å². The van der Waals surface area contributed by atoms with Gasteiger partial charge in [-0.2, -0.15) is 0 Å². The fraction of sp³-hybridized carbons (Fsp3) is 0.421. The van der Waals surface area contributed by atoms with Crippen LogP contribution < -0.4 is 0 Å². The molecule has 0 amide bonds. The summed E-state index contributed by atoms with van der Waals surface area (Å²) in [4.78, 5) is 0. The number of hydrogen-bond acceptors (Lipinski definition) is 0. The Hall–Kier alpha value is -1.70. The van der Waals surface area contributed by atoms with Crippen molar-refractivity contribution in [3.05, 3.63) is 53.7 Å². The van der Waals surface area contributed by atoms with Crippen molar-refractivity contribution in [2.45, 2.75) is 52.4 Å². The van der Waals surface area contributed by atoms with Crippen LogP contribution in [-0.2, 0) is 10.8 Å². The maximum atomic E-state index is 14.1. The Kier molecular flexibility index (Phi) is 3.92. The fourth-order valence-electron chi connectivity index (χ4n) is 2.09. The Morgan fingerprint density at radius 1 is 0.810 bits per heavy atom. The normalized spacial score (nSPS) is 12.5. The van der Waals surface area contributed by atoms with Crippen LogP contribution in [0.3, 0.4) is 0 Å². The minimum Gasteiger partial charge on any atom is -0.217 e. The van der Waals surface area contributed by atoms with Gasteiger partial charge in [-0.15, -0.1) is 0 Å². The second-order valence-electron chi connectivity index (χ2n) is 7.55. The standard InChI is InChI=1S/C19H24FO/c1-18(2,3)16-11-13(12-17(21-16)19(4,5)6)14-9-7-8-10-15(14)20/h7-12H,1-6H3/q+1. The first-order valence-corrected chi connectivity index (χ1v) is 7.33. The van der Waals surface area contributed by atoms with Crippen LogP contribution in [0.1, 0.15) is 53.1 Å². The molecule has 0 radical (unpaired) electrons. The number of benzene rings is 1. The Morgan fingerprint density at radius 2 is 1.29 bits per heavy atom. The molecule has 21 heavy (non-hydrogen) atoms. The van der Waals surface area contributed by atoms with Crippen molar-refractivity contribution in [1.29, 1.82) is 0 Å². The Bertz CT molecular complexity index is 613. The summed E-state index contributed by atoms with van der Waals surface area (Å²) in [5.74, 6) is 1.53. The monoisotopic (exact) mass is 287 g/mol. The first-order valence-electron chi connectivity index (χ1n) is 7.33. The summed E-state index contributed by atoms with van der Waals surface area (Å²) in [7, 11) is 0. The molecule has 2 rings (SSSR count). The second-order valence-corrected chi connectivity index (χ2v) is 7.55. The summed E-state index contributed by atoms with van der Waals surface area (Å²) in [5.41, 5.74) is 1.24. The molecule has 0 fully saturated rings. The molecule has 2 heteroatoms. The molecule has 0 saturated carbocycles. The third-order valence-corrected chi connectivity index (χ3v) is 3.46. The van der Waals surface area contributed by atoms with Crippen LogP contribution in [0.5, 0.6) is 0 Å². The van der Waals surface area contributed by atoms with E-state index in [-0.39, 0.29) is 16.6 Å². The average Bonchev–Trinajstić information content (AvgIpc) is 2.36. The van der Waals surface area contributed by atoms with Crippen LogP contribution in [0.15, 0.2) is 40.8 Å². The summed E-state index contributed by atoms with van der Waals surface area (Å²) in [6.07, 6.45) is 0. The third kappa shape index (κ3) is 3.49. The quantitative estimate of drug-likeness (QED) is 0.589. The first-order chi connectivity index (χ1) is 9.59. The number of rotatable bonds is 1. The summed E-state index contributed by atoms with van der Waals surface area (Å²) >= 11 is 0. The summed E-state index contributed by atoms with van der Waals surface area (Å²) in [6.45, 7) is 12.6. The second kappa shape index (κ2) is 5.25. The predicted octanol–water partition coefficient (Wildman–Crippen LogP) is 5.96. The highest BCUT2D eigenvalue weighted by molar-refractivity contribution is 5.65. The Balaban J connectivity index is 2.70. The first kappa shape index (κ1) is 15.7. The molecule has 0 atom stereocenters. The molecule has 112 valence electrons. The van der Waals surface area contributed by atoms with Gasteiger partial charge < -0.3 is 0 Å². The maximum Gasteiger partial charge on any atom is 0.335 e. The molecular formula is C19H24FO+. The van der Waals surface area contributed by atoms with Gasteiger partial charge in [0.05, 0.1) is 10.8 Å². The van der Waals surface area contributed by atoms with E-state index in [9.17, 15) is 4.39 Å². The van der Waals surface area contributed by atoms with Crippen LogP contribution >= 0.6 is 0 Å². The van der Waals surface area contributed by atoms with Crippen molar-refractivity contribution in [3.8, 4) is 11.1 Å². The van der Waals surface area contributed by atoms with Gasteiger partial charge in [-0.25, -0.2) is 8.81 Å². The molecule has 0 bridgehead atoms. The molecule has 0 aliphatic rings. The van der Waals surface area contributed by atoms with E-state index in [0.29, 0.717) is 5.56 Å². The fourth-order valence-corrected chi connectivity index (χ4v) is 2.09. The highest BCUT2D eigenvalue weighted by Gasteiger charge is 2.34. The van der Waals surface area contributed by atoms with E-state index in [1.54, 1.807) is 6.07 Å². The molecule has 0 spiro atoms. The molecule has 1 nitrogen and oxygen atoms in total. The van der Waals surface area contributed by atoms with E-state index >= 15 is 0 Å². The highest BCUT2D eigenvalue weighted by Crippen LogP contribution is 2.34. The van der Waals surface area contributed by atoms with E-state index in [2.05, 4.69) is 41.5 Å². The molecule has 0 aliphatic carbocycles. The van der Waals surface area contributed by atoms with E-state index in [1.165, 1.54) is 6.07 Å². The van der Waals surface area contributed by atoms with Gasteiger partial charge in [-0.3, -0.25) is 0 Å². The average molecular weight is 287 g/mol. The molecule has 0 unspecified atom stereocenters. The van der Waals surface area contributed by atoms with Crippen molar-refractivity contribution in [1.82, 2.24) is 0 Å². The molecule has 1 heterocycles. The minimum absolute atomic E-state index is 0.124.